The van der Waals surface area contributed by atoms with Gasteiger partial charge in [0.15, 0.2) is 15.9 Å². The fraction of sp³-hybridized carbons (Fsp3) is 0.350. The molecule has 30 heavy (non-hydrogen) atoms. The van der Waals surface area contributed by atoms with Gasteiger partial charge in [0.2, 0.25) is 10.0 Å². The van der Waals surface area contributed by atoms with Crippen LogP contribution in [0, 0.1) is 6.92 Å². The molecule has 0 saturated carbocycles. The summed E-state index contributed by atoms with van der Waals surface area (Å²) in [6, 6.07) is 10.9. The third-order valence-electron chi connectivity index (χ3n) is 4.84. The molecule has 0 aliphatic carbocycles. The second-order valence-corrected chi connectivity index (χ2v) is 11.4. The first kappa shape index (κ1) is 22.1. The lowest BCUT2D eigenvalue weighted by atomic mass is 10.1. The molecular formula is C20H24N2O6S2. The van der Waals surface area contributed by atoms with Crippen LogP contribution < -0.4 is 14.4 Å². The predicted molar refractivity (Wildman–Crippen MR) is 114 cm³/mol. The molecule has 3 rings (SSSR count). The van der Waals surface area contributed by atoms with Gasteiger partial charge in [0.05, 0.1) is 29.4 Å². The maximum atomic E-state index is 12.8. The highest BCUT2D eigenvalue weighted by atomic mass is 32.2. The Labute approximate surface area is 176 Å². The average Bonchev–Trinajstić information content (AvgIpc) is 2.65. The van der Waals surface area contributed by atoms with E-state index < -0.39 is 37.9 Å². The molecular weight excluding hydrogens is 428 g/mol. The molecule has 2 aromatic carbocycles. The summed E-state index contributed by atoms with van der Waals surface area (Å²) in [6.45, 7) is 3.46. The van der Waals surface area contributed by atoms with Crippen molar-refractivity contribution < 1.29 is 26.4 Å². The monoisotopic (exact) mass is 452 g/mol. The van der Waals surface area contributed by atoms with Crippen molar-refractivity contribution in [1.29, 1.82) is 0 Å². The van der Waals surface area contributed by atoms with Gasteiger partial charge in [-0.15, -0.1) is 0 Å². The zero-order valence-corrected chi connectivity index (χ0v) is 18.7. The minimum absolute atomic E-state index is 0.138. The van der Waals surface area contributed by atoms with Crippen molar-refractivity contribution in [2.24, 2.45) is 0 Å². The number of ether oxygens (including phenoxy) is 1. The molecule has 1 amide bonds. The van der Waals surface area contributed by atoms with Crippen molar-refractivity contribution >= 4 is 31.5 Å². The molecule has 2 aromatic rings. The fourth-order valence-electron chi connectivity index (χ4n) is 3.21. The van der Waals surface area contributed by atoms with Crippen LogP contribution in [0.4, 0.5) is 5.69 Å². The summed E-state index contributed by atoms with van der Waals surface area (Å²) in [5.41, 5.74) is 1.99. The van der Waals surface area contributed by atoms with Crippen molar-refractivity contribution in [2.45, 2.75) is 30.9 Å². The summed E-state index contributed by atoms with van der Waals surface area (Å²) >= 11 is 0. The van der Waals surface area contributed by atoms with Gasteiger partial charge in [-0.25, -0.2) is 16.8 Å². The largest absolute Gasteiger partial charge is 0.476 e. The minimum Gasteiger partial charge on any atom is -0.476 e. The minimum atomic E-state index is -3.60. The molecule has 1 aliphatic heterocycles. The number of carbonyl (C=O) groups excluding carboxylic acids is 1. The lowest BCUT2D eigenvalue weighted by molar-refractivity contribution is -0.128. The summed E-state index contributed by atoms with van der Waals surface area (Å²) in [5.74, 6) is -0.132. The lowest BCUT2D eigenvalue weighted by Crippen LogP contribution is -2.50. The highest BCUT2D eigenvalue weighted by molar-refractivity contribution is 7.92. The van der Waals surface area contributed by atoms with Crippen molar-refractivity contribution in [3.63, 3.8) is 0 Å². The van der Waals surface area contributed by atoms with Crippen LogP contribution in [-0.2, 0) is 24.7 Å². The van der Waals surface area contributed by atoms with Crippen LogP contribution in [0.3, 0.4) is 0 Å². The maximum Gasteiger partial charge on any atom is 0.263 e. The van der Waals surface area contributed by atoms with E-state index in [-0.39, 0.29) is 11.4 Å². The van der Waals surface area contributed by atoms with Crippen molar-refractivity contribution in [3.05, 3.63) is 53.6 Å². The van der Waals surface area contributed by atoms with Crippen molar-refractivity contribution in [2.75, 3.05) is 23.4 Å². The lowest BCUT2D eigenvalue weighted by Gasteiger charge is -2.34. The summed E-state index contributed by atoms with van der Waals surface area (Å²) in [4.78, 5) is 13.0. The second-order valence-electron chi connectivity index (χ2n) is 7.44. The molecule has 2 atom stereocenters. The molecule has 0 spiro atoms. The summed E-state index contributed by atoms with van der Waals surface area (Å²) in [6.07, 6.45) is 1.19. The SMILES string of the molecule is Cc1ccc2c(c1)OC(C(=O)NC(C)c1ccc(S(C)(=O)=O)cc1)CN2S(C)(=O)=O. The fourth-order valence-corrected chi connectivity index (χ4v) is 4.75. The number of carbonyl (C=O) groups is 1. The zero-order valence-electron chi connectivity index (χ0n) is 17.1. The molecule has 2 unspecified atom stereocenters. The molecule has 1 aliphatic rings. The van der Waals surface area contributed by atoms with Gasteiger partial charge in [-0.3, -0.25) is 9.10 Å². The van der Waals surface area contributed by atoms with E-state index in [1.54, 1.807) is 37.3 Å². The predicted octanol–water partition coefficient (Wildman–Crippen LogP) is 1.80. The molecule has 1 N–H and O–H groups in total. The second kappa shape index (κ2) is 7.92. The molecule has 0 saturated heterocycles. The van der Waals surface area contributed by atoms with E-state index in [1.165, 1.54) is 16.4 Å². The molecule has 162 valence electrons. The van der Waals surface area contributed by atoms with Crippen LogP contribution in [0.25, 0.3) is 0 Å². The number of amides is 1. The van der Waals surface area contributed by atoms with Crippen LogP contribution in [0.1, 0.15) is 24.1 Å². The molecule has 8 nitrogen and oxygen atoms in total. The Morgan fingerprint density at radius 1 is 1.10 bits per heavy atom. The first-order chi connectivity index (χ1) is 13.9. The van der Waals surface area contributed by atoms with E-state index in [4.69, 9.17) is 4.74 Å². The first-order valence-electron chi connectivity index (χ1n) is 9.21. The summed E-state index contributed by atoms with van der Waals surface area (Å²) in [7, 11) is -6.91. The average molecular weight is 453 g/mol. The Morgan fingerprint density at radius 2 is 1.73 bits per heavy atom. The Balaban J connectivity index is 1.80. The number of sulfonamides is 1. The van der Waals surface area contributed by atoms with Gasteiger partial charge in [-0.2, -0.15) is 0 Å². The van der Waals surface area contributed by atoms with Crippen LogP contribution >= 0.6 is 0 Å². The van der Waals surface area contributed by atoms with E-state index in [0.29, 0.717) is 17.0 Å². The number of sulfone groups is 1. The third kappa shape index (κ3) is 4.76. The highest BCUT2D eigenvalue weighted by Crippen LogP contribution is 2.35. The standard InChI is InChI=1S/C20H24N2O6S2/c1-13-5-10-17-18(11-13)28-19(12-22(17)30(4,26)27)20(23)21-14(2)15-6-8-16(9-7-15)29(3,24)25/h5-11,14,19H,12H2,1-4H3,(H,21,23). The first-order valence-corrected chi connectivity index (χ1v) is 13.0. The number of hydrogen-bond acceptors (Lipinski definition) is 6. The maximum absolute atomic E-state index is 12.8. The third-order valence-corrected chi connectivity index (χ3v) is 7.12. The Kier molecular flexibility index (Phi) is 5.83. The topological polar surface area (TPSA) is 110 Å². The highest BCUT2D eigenvalue weighted by Gasteiger charge is 2.35. The number of fused-ring (bicyclic) bond motifs is 1. The number of aryl methyl sites for hydroxylation is 1. The van der Waals surface area contributed by atoms with E-state index in [0.717, 1.165) is 18.1 Å². The molecule has 0 radical (unpaired) electrons. The van der Waals surface area contributed by atoms with Crippen LogP contribution in [0.2, 0.25) is 0 Å². The summed E-state index contributed by atoms with van der Waals surface area (Å²) in [5, 5.41) is 2.81. The van der Waals surface area contributed by atoms with Crippen LogP contribution in [0.15, 0.2) is 47.4 Å². The number of benzene rings is 2. The van der Waals surface area contributed by atoms with Gasteiger partial charge >= 0.3 is 0 Å². The molecule has 10 heteroatoms. The van der Waals surface area contributed by atoms with E-state index >= 15 is 0 Å². The van der Waals surface area contributed by atoms with Crippen molar-refractivity contribution in [1.82, 2.24) is 5.32 Å². The van der Waals surface area contributed by atoms with E-state index in [2.05, 4.69) is 5.32 Å². The number of hydrogen-bond donors (Lipinski definition) is 1. The van der Waals surface area contributed by atoms with Gasteiger partial charge in [-0.1, -0.05) is 18.2 Å². The number of rotatable bonds is 5. The number of anilines is 1. The number of nitrogens with zero attached hydrogens (tertiary/aromatic N) is 1. The normalized spacial score (nSPS) is 17.6. The Bertz CT molecular complexity index is 1170. The van der Waals surface area contributed by atoms with Gasteiger partial charge in [0.25, 0.3) is 5.91 Å². The van der Waals surface area contributed by atoms with Gasteiger partial charge < -0.3 is 10.1 Å². The van der Waals surface area contributed by atoms with Crippen molar-refractivity contribution in [3.8, 4) is 5.75 Å². The molecule has 0 bridgehead atoms. The molecule has 0 fully saturated rings. The zero-order chi connectivity index (χ0) is 22.3. The van der Waals surface area contributed by atoms with E-state index in [9.17, 15) is 21.6 Å². The van der Waals surface area contributed by atoms with Gasteiger partial charge in [0.1, 0.15) is 5.75 Å². The van der Waals surface area contributed by atoms with Gasteiger partial charge in [-0.05, 0) is 49.2 Å². The Hall–Kier alpha value is -2.59. The van der Waals surface area contributed by atoms with Gasteiger partial charge in [0, 0.05) is 6.26 Å². The quantitative estimate of drug-likeness (QED) is 0.741. The number of nitrogens with one attached hydrogen (secondary N) is 1. The Morgan fingerprint density at radius 3 is 2.30 bits per heavy atom. The van der Waals surface area contributed by atoms with E-state index in [1.807, 2.05) is 6.92 Å². The summed E-state index contributed by atoms with van der Waals surface area (Å²) < 4.78 is 54.7. The smallest absolute Gasteiger partial charge is 0.263 e. The van der Waals surface area contributed by atoms with Crippen LogP contribution in [0.5, 0.6) is 5.75 Å². The molecule has 0 aromatic heterocycles. The van der Waals surface area contributed by atoms with Crippen LogP contribution in [-0.4, -0.2) is 47.9 Å². The molecule has 1 heterocycles.